The average Bonchev–Trinajstić information content (AvgIpc) is 2.27. The lowest BCUT2D eigenvalue weighted by molar-refractivity contribution is 0.100. The molecular formula is C12H16O4. The maximum Gasteiger partial charge on any atom is 0.163 e. The molecule has 0 aliphatic rings. The van der Waals surface area contributed by atoms with Gasteiger partial charge in [0.15, 0.2) is 5.78 Å². The Morgan fingerprint density at radius 2 is 1.88 bits per heavy atom. The Balaban J connectivity index is 3.34. The molecule has 0 saturated heterocycles. The molecule has 0 unspecified atom stereocenters. The summed E-state index contributed by atoms with van der Waals surface area (Å²) in [7, 11) is 4.67. The molecular weight excluding hydrogens is 208 g/mol. The first-order valence-corrected chi connectivity index (χ1v) is 4.88. The Labute approximate surface area is 95.1 Å². The van der Waals surface area contributed by atoms with Crippen molar-refractivity contribution in [3.63, 3.8) is 0 Å². The largest absolute Gasteiger partial charge is 0.497 e. The van der Waals surface area contributed by atoms with Crippen LogP contribution in [0.5, 0.6) is 11.5 Å². The van der Waals surface area contributed by atoms with Gasteiger partial charge in [-0.15, -0.1) is 0 Å². The second-order valence-corrected chi connectivity index (χ2v) is 3.35. The SMILES string of the molecule is COCc1cc(OC)cc(OC)c1C(C)=O. The quantitative estimate of drug-likeness (QED) is 0.718. The highest BCUT2D eigenvalue weighted by atomic mass is 16.5. The van der Waals surface area contributed by atoms with Crippen LogP contribution in [0.25, 0.3) is 0 Å². The number of hydrogen-bond acceptors (Lipinski definition) is 4. The summed E-state index contributed by atoms with van der Waals surface area (Å²) in [5, 5.41) is 0. The third-order valence-electron chi connectivity index (χ3n) is 2.26. The maximum atomic E-state index is 11.5. The summed E-state index contributed by atoms with van der Waals surface area (Å²) in [6.07, 6.45) is 0. The van der Waals surface area contributed by atoms with Gasteiger partial charge in [-0.25, -0.2) is 0 Å². The zero-order valence-corrected chi connectivity index (χ0v) is 9.99. The molecule has 0 spiro atoms. The minimum Gasteiger partial charge on any atom is -0.497 e. The Morgan fingerprint density at radius 3 is 2.31 bits per heavy atom. The summed E-state index contributed by atoms with van der Waals surface area (Å²) in [6.45, 7) is 1.85. The van der Waals surface area contributed by atoms with E-state index in [-0.39, 0.29) is 5.78 Å². The third-order valence-corrected chi connectivity index (χ3v) is 2.26. The van der Waals surface area contributed by atoms with Crippen molar-refractivity contribution in [1.29, 1.82) is 0 Å². The predicted octanol–water partition coefficient (Wildman–Crippen LogP) is 2.05. The first-order chi connectivity index (χ1) is 7.63. The number of benzene rings is 1. The van der Waals surface area contributed by atoms with Gasteiger partial charge in [0.2, 0.25) is 0 Å². The van der Waals surface area contributed by atoms with Gasteiger partial charge in [-0.2, -0.15) is 0 Å². The fourth-order valence-corrected chi connectivity index (χ4v) is 1.59. The molecule has 4 nitrogen and oxygen atoms in total. The molecule has 4 heteroatoms. The van der Waals surface area contributed by atoms with Crippen LogP contribution in [-0.2, 0) is 11.3 Å². The molecule has 0 N–H and O–H groups in total. The van der Waals surface area contributed by atoms with E-state index in [9.17, 15) is 4.79 Å². The van der Waals surface area contributed by atoms with Gasteiger partial charge in [0, 0.05) is 13.2 Å². The molecule has 0 aliphatic heterocycles. The zero-order valence-electron chi connectivity index (χ0n) is 9.99. The molecule has 0 heterocycles. The Kier molecular flexibility index (Phi) is 4.31. The molecule has 1 aromatic carbocycles. The summed E-state index contributed by atoms with van der Waals surface area (Å²) in [5.74, 6) is 1.11. The summed E-state index contributed by atoms with van der Waals surface area (Å²) in [6, 6.07) is 3.47. The van der Waals surface area contributed by atoms with Gasteiger partial charge < -0.3 is 14.2 Å². The maximum absolute atomic E-state index is 11.5. The van der Waals surface area contributed by atoms with E-state index >= 15 is 0 Å². The van der Waals surface area contributed by atoms with Crippen LogP contribution in [0.1, 0.15) is 22.8 Å². The smallest absolute Gasteiger partial charge is 0.163 e. The van der Waals surface area contributed by atoms with Gasteiger partial charge in [-0.3, -0.25) is 4.79 Å². The van der Waals surface area contributed by atoms with Crippen LogP contribution in [-0.4, -0.2) is 27.1 Å². The highest BCUT2D eigenvalue weighted by Crippen LogP contribution is 2.29. The first-order valence-electron chi connectivity index (χ1n) is 4.88. The summed E-state index contributed by atoms with van der Waals surface area (Å²) >= 11 is 0. The number of ether oxygens (including phenoxy) is 3. The van der Waals surface area contributed by atoms with E-state index in [2.05, 4.69) is 0 Å². The zero-order chi connectivity index (χ0) is 12.1. The standard InChI is InChI=1S/C12H16O4/c1-8(13)12-9(7-14-2)5-10(15-3)6-11(12)16-4/h5-6H,7H2,1-4H3. The molecule has 88 valence electrons. The lowest BCUT2D eigenvalue weighted by atomic mass is 10.0. The second-order valence-electron chi connectivity index (χ2n) is 3.35. The molecule has 0 bridgehead atoms. The predicted molar refractivity (Wildman–Crippen MR) is 60.3 cm³/mol. The molecule has 0 aliphatic carbocycles. The third kappa shape index (κ3) is 2.52. The minimum atomic E-state index is -0.0495. The van der Waals surface area contributed by atoms with E-state index in [0.717, 1.165) is 5.56 Å². The molecule has 0 amide bonds. The van der Waals surface area contributed by atoms with Crippen LogP contribution >= 0.6 is 0 Å². The van der Waals surface area contributed by atoms with Crippen molar-refractivity contribution < 1.29 is 19.0 Å². The number of carbonyl (C=O) groups excluding carboxylic acids is 1. The van der Waals surface area contributed by atoms with Gasteiger partial charge in [-0.1, -0.05) is 0 Å². The van der Waals surface area contributed by atoms with Gasteiger partial charge in [0.05, 0.1) is 26.4 Å². The number of hydrogen-bond donors (Lipinski definition) is 0. The van der Waals surface area contributed by atoms with Crippen molar-refractivity contribution in [3.05, 3.63) is 23.3 Å². The van der Waals surface area contributed by atoms with Crippen LogP contribution in [0.2, 0.25) is 0 Å². The number of methoxy groups -OCH3 is 3. The Morgan fingerprint density at radius 1 is 1.19 bits per heavy atom. The van der Waals surface area contributed by atoms with Crippen molar-refractivity contribution in [3.8, 4) is 11.5 Å². The fourth-order valence-electron chi connectivity index (χ4n) is 1.59. The van der Waals surface area contributed by atoms with Gasteiger partial charge in [0.1, 0.15) is 11.5 Å². The van der Waals surface area contributed by atoms with Crippen molar-refractivity contribution in [2.45, 2.75) is 13.5 Å². The van der Waals surface area contributed by atoms with Gasteiger partial charge >= 0.3 is 0 Å². The summed E-state index contributed by atoms with van der Waals surface area (Å²) < 4.78 is 15.4. The number of Topliss-reactive ketones (excluding diaryl/α,β-unsaturated/α-hetero) is 1. The van der Waals surface area contributed by atoms with Gasteiger partial charge in [0.25, 0.3) is 0 Å². The molecule has 0 radical (unpaired) electrons. The van der Waals surface area contributed by atoms with Gasteiger partial charge in [-0.05, 0) is 18.6 Å². The van der Waals surface area contributed by atoms with E-state index < -0.39 is 0 Å². The van der Waals surface area contributed by atoms with Crippen molar-refractivity contribution in [2.24, 2.45) is 0 Å². The van der Waals surface area contributed by atoms with Crippen molar-refractivity contribution in [2.75, 3.05) is 21.3 Å². The minimum absolute atomic E-state index is 0.0495. The molecule has 1 rings (SSSR count). The number of ketones is 1. The van der Waals surface area contributed by atoms with E-state index in [0.29, 0.717) is 23.7 Å². The number of rotatable bonds is 5. The Hall–Kier alpha value is -1.55. The average molecular weight is 224 g/mol. The summed E-state index contributed by atoms with van der Waals surface area (Å²) in [5.41, 5.74) is 1.32. The van der Waals surface area contributed by atoms with Crippen molar-refractivity contribution in [1.82, 2.24) is 0 Å². The first kappa shape index (κ1) is 12.5. The molecule has 0 atom stereocenters. The topological polar surface area (TPSA) is 44.8 Å². The fraction of sp³-hybridized carbons (Fsp3) is 0.417. The van der Waals surface area contributed by atoms with Crippen LogP contribution in [0.4, 0.5) is 0 Å². The molecule has 0 fully saturated rings. The highest BCUT2D eigenvalue weighted by molar-refractivity contribution is 5.98. The normalized spacial score (nSPS) is 10.0. The van der Waals surface area contributed by atoms with Crippen molar-refractivity contribution >= 4 is 5.78 Å². The lowest BCUT2D eigenvalue weighted by Crippen LogP contribution is -2.05. The number of carbonyl (C=O) groups is 1. The highest BCUT2D eigenvalue weighted by Gasteiger charge is 2.15. The Bertz CT molecular complexity index is 385. The van der Waals surface area contributed by atoms with E-state index in [1.54, 1.807) is 26.4 Å². The molecule has 1 aromatic rings. The van der Waals surface area contributed by atoms with Crippen LogP contribution in [0.3, 0.4) is 0 Å². The van der Waals surface area contributed by atoms with Crippen LogP contribution in [0, 0.1) is 0 Å². The molecule has 0 saturated carbocycles. The van der Waals surface area contributed by atoms with E-state index in [4.69, 9.17) is 14.2 Å². The summed E-state index contributed by atoms with van der Waals surface area (Å²) in [4.78, 5) is 11.5. The van der Waals surface area contributed by atoms with Crippen LogP contribution < -0.4 is 9.47 Å². The van der Waals surface area contributed by atoms with Crippen LogP contribution in [0.15, 0.2) is 12.1 Å². The lowest BCUT2D eigenvalue weighted by Gasteiger charge is -2.13. The molecule has 0 aromatic heterocycles. The van der Waals surface area contributed by atoms with E-state index in [1.165, 1.54) is 14.0 Å². The molecule has 16 heavy (non-hydrogen) atoms. The monoisotopic (exact) mass is 224 g/mol. The van der Waals surface area contributed by atoms with E-state index in [1.807, 2.05) is 0 Å². The second kappa shape index (κ2) is 5.51.